The van der Waals surface area contributed by atoms with Gasteiger partial charge in [0.2, 0.25) is 5.43 Å². The minimum absolute atomic E-state index is 0.0615. The lowest BCUT2D eigenvalue weighted by atomic mass is 9.84. The number of fused-ring (bicyclic) bond motifs is 2. The van der Waals surface area contributed by atoms with Gasteiger partial charge >= 0.3 is 0 Å². The summed E-state index contributed by atoms with van der Waals surface area (Å²) in [6.45, 7) is 2.25. The summed E-state index contributed by atoms with van der Waals surface area (Å²) >= 11 is 6.22. The number of hydrogen-bond acceptors (Lipinski definition) is 1. The van der Waals surface area contributed by atoms with Crippen LogP contribution in [0.1, 0.15) is 18.4 Å². The van der Waals surface area contributed by atoms with Crippen molar-refractivity contribution in [1.82, 2.24) is 0 Å². The number of halogens is 1. The van der Waals surface area contributed by atoms with Crippen LogP contribution in [0.15, 0.2) is 95.8 Å². The van der Waals surface area contributed by atoms with E-state index in [9.17, 15) is 4.79 Å². The molecule has 4 aromatic rings. The third-order valence-corrected chi connectivity index (χ3v) is 8.24. The third kappa shape index (κ3) is 3.13. The Morgan fingerprint density at radius 3 is 2.34 bits per heavy atom. The van der Waals surface area contributed by atoms with Crippen LogP contribution in [0.2, 0.25) is 5.02 Å². The molecule has 0 N–H and O–H groups in total. The van der Waals surface area contributed by atoms with E-state index in [0.717, 1.165) is 20.2 Å². The van der Waals surface area contributed by atoms with Crippen LogP contribution in [0.4, 0.5) is 0 Å². The molecule has 29 heavy (non-hydrogen) atoms. The lowest BCUT2D eigenvalue weighted by Crippen LogP contribution is -2.07. The quantitative estimate of drug-likeness (QED) is 0.243. The molecule has 0 spiro atoms. The first-order valence-electron chi connectivity index (χ1n) is 9.76. The van der Waals surface area contributed by atoms with Crippen molar-refractivity contribution >= 4 is 42.2 Å². The Hall–Kier alpha value is -2.68. The zero-order valence-corrected chi connectivity index (χ0v) is 17.6. The molecule has 3 unspecified atom stereocenters. The summed E-state index contributed by atoms with van der Waals surface area (Å²) in [4.78, 5) is 14.3. The molecule has 1 aliphatic carbocycles. The first-order chi connectivity index (χ1) is 14.1. The highest BCUT2D eigenvalue weighted by Crippen LogP contribution is 2.44. The van der Waals surface area contributed by atoms with Gasteiger partial charge in [-0.1, -0.05) is 67.1 Å². The summed E-state index contributed by atoms with van der Waals surface area (Å²) in [6, 6.07) is 22.6. The molecule has 0 radical (unpaired) electrons. The lowest BCUT2D eigenvalue weighted by Gasteiger charge is -2.20. The number of benzene rings is 3. The van der Waals surface area contributed by atoms with E-state index >= 15 is 0 Å². The molecule has 1 aliphatic rings. The van der Waals surface area contributed by atoms with Crippen molar-refractivity contribution in [2.75, 3.05) is 0 Å². The Morgan fingerprint density at radius 1 is 0.828 bits per heavy atom. The molecule has 0 amide bonds. The molecule has 0 fully saturated rings. The van der Waals surface area contributed by atoms with Gasteiger partial charge in [0.1, 0.15) is 0 Å². The molecule has 5 rings (SSSR count). The second-order valence-electron chi connectivity index (χ2n) is 7.50. The maximum Gasteiger partial charge on any atom is 0.204 e. The van der Waals surface area contributed by atoms with Crippen molar-refractivity contribution in [1.29, 1.82) is 0 Å². The van der Waals surface area contributed by atoms with Gasteiger partial charge in [0, 0.05) is 27.5 Å². The van der Waals surface area contributed by atoms with Gasteiger partial charge < -0.3 is 0 Å². The summed E-state index contributed by atoms with van der Waals surface area (Å²) in [5.74, 6) is 0.896. The molecule has 3 aromatic carbocycles. The van der Waals surface area contributed by atoms with Crippen LogP contribution in [-0.4, -0.2) is 0 Å². The van der Waals surface area contributed by atoms with Crippen molar-refractivity contribution in [2.24, 2.45) is 5.92 Å². The van der Waals surface area contributed by atoms with Gasteiger partial charge in [0.15, 0.2) is 14.3 Å². The van der Waals surface area contributed by atoms with E-state index in [2.05, 4.69) is 61.6 Å². The molecule has 0 aliphatic heterocycles. The normalized spacial score (nSPS) is 19.2. The van der Waals surface area contributed by atoms with Crippen molar-refractivity contribution in [2.45, 2.75) is 12.8 Å². The largest absolute Gasteiger partial charge is 0.288 e. The third-order valence-electron chi connectivity index (χ3n) is 5.67. The van der Waals surface area contributed by atoms with Crippen LogP contribution in [0, 0.1) is 5.92 Å². The van der Waals surface area contributed by atoms with Crippen molar-refractivity contribution < 1.29 is 0 Å². The average molecular weight is 416 g/mol. The van der Waals surface area contributed by atoms with E-state index in [4.69, 9.17) is 11.6 Å². The second-order valence-corrected chi connectivity index (χ2v) is 9.90. The summed E-state index contributed by atoms with van der Waals surface area (Å²) in [5.41, 5.74) is 1.38. The smallest absolute Gasteiger partial charge is 0.204 e. The highest BCUT2D eigenvalue weighted by atomic mass is 35.5. The van der Waals surface area contributed by atoms with E-state index in [1.54, 1.807) is 0 Å². The minimum Gasteiger partial charge on any atom is -0.288 e. The SMILES string of the molecule is CC1C=CC=CC1c1ccc(-[s+]2c3ccccc3c(=O)c3cc(Cl)ccc32)cc1. The number of hydrogen-bond donors (Lipinski definition) is 0. The Labute approximate surface area is 177 Å². The van der Waals surface area contributed by atoms with E-state index in [1.165, 1.54) is 10.5 Å². The van der Waals surface area contributed by atoms with Gasteiger partial charge in [-0.05, 0) is 47.9 Å². The van der Waals surface area contributed by atoms with Gasteiger partial charge in [-0.2, -0.15) is 0 Å². The standard InChI is InChI=1S/C26H20ClOS/c1-17-6-2-3-7-21(17)18-10-13-20(14-11-18)29-24-9-5-4-8-22(24)26(28)23-16-19(27)12-15-25(23)29/h2-17,21H,1H3/q+1. The molecule has 1 heterocycles. The highest BCUT2D eigenvalue weighted by Gasteiger charge is 2.24. The van der Waals surface area contributed by atoms with Gasteiger partial charge in [-0.3, -0.25) is 4.79 Å². The zero-order chi connectivity index (χ0) is 20.0. The Morgan fingerprint density at radius 2 is 1.55 bits per heavy atom. The van der Waals surface area contributed by atoms with Crippen molar-refractivity contribution in [3.8, 4) is 4.90 Å². The van der Waals surface area contributed by atoms with Gasteiger partial charge in [0.25, 0.3) is 0 Å². The van der Waals surface area contributed by atoms with Gasteiger partial charge in [-0.25, -0.2) is 0 Å². The fraction of sp³-hybridized carbons (Fsp3) is 0.115. The van der Waals surface area contributed by atoms with E-state index in [1.807, 2.05) is 36.4 Å². The Bertz CT molecular complexity index is 1350. The topological polar surface area (TPSA) is 17.1 Å². The summed E-state index contributed by atoms with van der Waals surface area (Å²) in [6.07, 6.45) is 8.77. The predicted molar refractivity (Wildman–Crippen MR) is 127 cm³/mol. The second kappa shape index (κ2) is 7.29. The summed E-state index contributed by atoms with van der Waals surface area (Å²) < 4.78 is 2.15. The van der Waals surface area contributed by atoms with E-state index < -0.39 is 0 Å². The van der Waals surface area contributed by atoms with Crippen LogP contribution in [0.3, 0.4) is 0 Å². The van der Waals surface area contributed by atoms with E-state index in [-0.39, 0.29) is 15.9 Å². The molecule has 0 saturated heterocycles. The molecule has 1 nitrogen and oxygen atoms in total. The van der Waals surface area contributed by atoms with Crippen LogP contribution in [-0.2, 0) is 0 Å². The highest BCUT2D eigenvalue weighted by molar-refractivity contribution is 7.49. The molecule has 0 bridgehead atoms. The fourth-order valence-electron chi connectivity index (χ4n) is 4.17. The Balaban J connectivity index is 1.74. The fourth-order valence-corrected chi connectivity index (χ4v) is 6.66. The minimum atomic E-state index is -0.320. The monoisotopic (exact) mass is 415 g/mol. The zero-order valence-electron chi connectivity index (χ0n) is 16.0. The first-order valence-corrected chi connectivity index (χ1v) is 11.4. The molecular formula is C26H20ClOS+. The van der Waals surface area contributed by atoms with Crippen molar-refractivity contribution in [3.05, 3.63) is 112 Å². The predicted octanol–water partition coefficient (Wildman–Crippen LogP) is 7.59. The van der Waals surface area contributed by atoms with Crippen LogP contribution < -0.4 is 5.43 Å². The van der Waals surface area contributed by atoms with Crippen LogP contribution in [0.5, 0.6) is 0 Å². The lowest BCUT2D eigenvalue weighted by molar-refractivity contribution is 0.635. The number of rotatable bonds is 2. The average Bonchev–Trinajstić information content (AvgIpc) is 2.75. The van der Waals surface area contributed by atoms with E-state index in [0.29, 0.717) is 16.9 Å². The van der Waals surface area contributed by atoms with Crippen LogP contribution in [0.25, 0.3) is 25.1 Å². The Kier molecular flexibility index (Phi) is 4.61. The molecule has 142 valence electrons. The van der Waals surface area contributed by atoms with Gasteiger partial charge in [0.05, 0.1) is 10.8 Å². The van der Waals surface area contributed by atoms with Crippen molar-refractivity contribution in [3.63, 3.8) is 0 Å². The molecule has 1 aromatic heterocycles. The maximum absolute atomic E-state index is 13.1. The van der Waals surface area contributed by atoms with Crippen LogP contribution >= 0.6 is 22.1 Å². The maximum atomic E-state index is 13.1. The first kappa shape index (κ1) is 18.4. The molecular weight excluding hydrogens is 396 g/mol. The molecule has 0 saturated carbocycles. The summed E-state index contributed by atoms with van der Waals surface area (Å²) in [5, 5.41) is 2.10. The number of allylic oxidation sites excluding steroid dienone is 4. The van der Waals surface area contributed by atoms with Gasteiger partial charge in [-0.15, -0.1) is 0 Å². The molecule has 3 atom stereocenters. The molecule has 3 heteroatoms. The summed E-state index contributed by atoms with van der Waals surface area (Å²) in [7, 11) is -0.320.